The molecule has 0 bridgehead atoms. The molecule has 0 rings (SSSR count). The number of ether oxygens (including phenoxy) is 1. The summed E-state index contributed by atoms with van der Waals surface area (Å²) in [6.45, 7) is 1.19. The van der Waals surface area contributed by atoms with Crippen molar-refractivity contribution in [1.82, 2.24) is 5.32 Å². The zero-order valence-electron chi connectivity index (χ0n) is 12.9. The number of hydrogen-bond acceptors (Lipinski definition) is 2. The second-order valence-electron chi connectivity index (χ2n) is 5.38. The summed E-state index contributed by atoms with van der Waals surface area (Å²) in [5.41, 5.74) is 0. The van der Waals surface area contributed by atoms with E-state index in [0.29, 0.717) is 0 Å². The van der Waals surface area contributed by atoms with Gasteiger partial charge in [-0.2, -0.15) is 13.2 Å². The molecule has 20 heavy (non-hydrogen) atoms. The third kappa shape index (κ3) is 14.1. The first-order chi connectivity index (χ1) is 9.49. The van der Waals surface area contributed by atoms with Crippen LogP contribution in [0, 0.1) is 0 Å². The average molecular weight is 297 g/mol. The molecular formula is C15H30F3NO. The molecule has 1 unspecified atom stereocenters. The van der Waals surface area contributed by atoms with E-state index >= 15 is 0 Å². The summed E-state index contributed by atoms with van der Waals surface area (Å²) in [7, 11) is 1.77. The predicted molar refractivity (Wildman–Crippen MR) is 76.9 cm³/mol. The number of nitrogens with one attached hydrogen (secondary N) is 1. The van der Waals surface area contributed by atoms with Gasteiger partial charge in [-0.3, -0.25) is 0 Å². The van der Waals surface area contributed by atoms with Crippen LogP contribution in [0.25, 0.3) is 0 Å². The molecule has 0 saturated heterocycles. The largest absolute Gasteiger partial charge is 0.411 e. The Morgan fingerprint density at radius 2 is 1.50 bits per heavy atom. The maximum atomic E-state index is 11.9. The lowest BCUT2D eigenvalue weighted by molar-refractivity contribution is -0.175. The third-order valence-electron chi connectivity index (χ3n) is 3.40. The molecule has 0 aliphatic carbocycles. The topological polar surface area (TPSA) is 21.3 Å². The Kier molecular flexibility index (Phi) is 12.3. The first kappa shape index (κ1) is 19.7. The van der Waals surface area contributed by atoms with E-state index in [1.54, 1.807) is 7.05 Å². The number of halogens is 3. The van der Waals surface area contributed by atoms with Crippen molar-refractivity contribution in [3.05, 3.63) is 0 Å². The van der Waals surface area contributed by atoms with Crippen LogP contribution in [0.5, 0.6) is 0 Å². The highest BCUT2D eigenvalue weighted by atomic mass is 19.4. The second-order valence-corrected chi connectivity index (χ2v) is 5.38. The first-order valence-electron chi connectivity index (χ1n) is 7.81. The Bertz CT molecular complexity index is 210. The molecule has 0 aromatic heterocycles. The fraction of sp³-hybridized carbons (Fsp3) is 1.00. The van der Waals surface area contributed by atoms with Crippen LogP contribution in [-0.2, 0) is 4.74 Å². The average Bonchev–Trinajstić information content (AvgIpc) is 2.38. The Hall–Kier alpha value is -0.290. The monoisotopic (exact) mass is 297 g/mol. The van der Waals surface area contributed by atoms with Crippen molar-refractivity contribution in [1.29, 1.82) is 0 Å². The van der Waals surface area contributed by atoms with Gasteiger partial charge in [-0.15, -0.1) is 0 Å². The molecule has 0 aromatic carbocycles. The van der Waals surface area contributed by atoms with Gasteiger partial charge in [0.15, 0.2) is 0 Å². The summed E-state index contributed by atoms with van der Waals surface area (Å²) in [6.07, 6.45) is 6.57. The minimum atomic E-state index is -4.23. The number of alkyl halides is 3. The summed E-state index contributed by atoms with van der Waals surface area (Å²) >= 11 is 0. The Balaban J connectivity index is 3.41. The van der Waals surface area contributed by atoms with E-state index in [2.05, 4.69) is 17.0 Å². The quantitative estimate of drug-likeness (QED) is 0.498. The minimum absolute atomic E-state index is 0.0254. The van der Waals surface area contributed by atoms with Crippen LogP contribution in [-0.4, -0.2) is 32.5 Å². The highest BCUT2D eigenvalue weighted by Crippen LogP contribution is 2.15. The molecule has 1 atom stereocenters. The molecule has 0 aliphatic heterocycles. The number of likely N-dealkylation sites (N-methyl/N-ethyl adjacent to an activating group) is 1. The Labute approximate surface area is 121 Å². The van der Waals surface area contributed by atoms with Gasteiger partial charge in [0.05, 0.1) is 6.61 Å². The maximum absolute atomic E-state index is 11.9. The van der Waals surface area contributed by atoms with Crippen molar-refractivity contribution in [2.24, 2.45) is 0 Å². The van der Waals surface area contributed by atoms with Gasteiger partial charge in [-0.25, -0.2) is 0 Å². The highest BCUT2D eigenvalue weighted by Gasteiger charge is 2.27. The molecule has 0 aromatic rings. The maximum Gasteiger partial charge on any atom is 0.411 e. The van der Waals surface area contributed by atoms with Crippen LogP contribution in [0.2, 0.25) is 0 Å². The lowest BCUT2D eigenvalue weighted by Crippen LogP contribution is -2.32. The SMILES string of the molecule is CCCCCCCCCCC(COCC(F)(F)F)NC. The number of hydrogen-bond donors (Lipinski definition) is 1. The fourth-order valence-electron chi connectivity index (χ4n) is 2.15. The van der Waals surface area contributed by atoms with Crippen molar-refractivity contribution in [3.8, 4) is 0 Å². The van der Waals surface area contributed by atoms with E-state index in [0.717, 1.165) is 19.3 Å². The van der Waals surface area contributed by atoms with Crippen LogP contribution in [0.15, 0.2) is 0 Å². The highest BCUT2D eigenvalue weighted by molar-refractivity contribution is 4.64. The van der Waals surface area contributed by atoms with Gasteiger partial charge >= 0.3 is 6.18 Å². The van der Waals surface area contributed by atoms with E-state index < -0.39 is 12.8 Å². The summed E-state index contributed by atoms with van der Waals surface area (Å²) in [5, 5.41) is 3.01. The fourth-order valence-corrected chi connectivity index (χ4v) is 2.15. The molecule has 0 heterocycles. The van der Waals surface area contributed by atoms with E-state index in [4.69, 9.17) is 0 Å². The zero-order chi connectivity index (χ0) is 15.3. The van der Waals surface area contributed by atoms with Gasteiger partial charge in [0.2, 0.25) is 0 Å². The molecule has 122 valence electrons. The lowest BCUT2D eigenvalue weighted by Gasteiger charge is -2.17. The van der Waals surface area contributed by atoms with Crippen molar-refractivity contribution < 1.29 is 17.9 Å². The summed E-state index contributed by atoms with van der Waals surface area (Å²) in [4.78, 5) is 0. The van der Waals surface area contributed by atoms with Crippen LogP contribution >= 0.6 is 0 Å². The normalized spacial score (nSPS) is 13.7. The molecule has 0 saturated carbocycles. The van der Waals surface area contributed by atoms with Crippen LogP contribution in [0.1, 0.15) is 64.7 Å². The third-order valence-corrected chi connectivity index (χ3v) is 3.40. The van der Waals surface area contributed by atoms with Crippen LogP contribution in [0.3, 0.4) is 0 Å². The molecule has 5 heteroatoms. The molecule has 0 spiro atoms. The molecular weight excluding hydrogens is 267 g/mol. The Morgan fingerprint density at radius 1 is 0.950 bits per heavy atom. The van der Waals surface area contributed by atoms with Crippen molar-refractivity contribution >= 4 is 0 Å². The number of rotatable bonds is 13. The van der Waals surface area contributed by atoms with Crippen LogP contribution in [0.4, 0.5) is 13.2 Å². The summed E-state index contributed by atoms with van der Waals surface area (Å²) in [5.74, 6) is 0. The molecule has 0 fully saturated rings. The van der Waals surface area contributed by atoms with Crippen LogP contribution < -0.4 is 5.32 Å². The van der Waals surface area contributed by atoms with Gasteiger partial charge in [-0.1, -0.05) is 58.3 Å². The first-order valence-corrected chi connectivity index (χ1v) is 7.81. The standard InChI is InChI=1S/C15H30F3NO/c1-3-4-5-6-7-8-9-10-11-14(19-2)12-20-13-15(16,17)18/h14,19H,3-13H2,1-2H3. The predicted octanol–water partition coefficient (Wildman–Crippen LogP) is 4.68. The van der Waals surface area contributed by atoms with E-state index in [-0.39, 0.29) is 12.6 Å². The van der Waals surface area contributed by atoms with Gasteiger partial charge in [0, 0.05) is 6.04 Å². The summed E-state index contributed by atoms with van der Waals surface area (Å²) in [6, 6.07) is 0.0254. The summed E-state index contributed by atoms with van der Waals surface area (Å²) < 4.78 is 40.5. The van der Waals surface area contributed by atoms with E-state index in [1.165, 1.54) is 38.5 Å². The Morgan fingerprint density at radius 3 is 2.00 bits per heavy atom. The van der Waals surface area contributed by atoms with E-state index in [9.17, 15) is 13.2 Å². The van der Waals surface area contributed by atoms with Crippen molar-refractivity contribution in [3.63, 3.8) is 0 Å². The van der Waals surface area contributed by atoms with Gasteiger partial charge in [-0.05, 0) is 13.5 Å². The lowest BCUT2D eigenvalue weighted by atomic mass is 10.0. The molecule has 1 N–H and O–H groups in total. The second kappa shape index (κ2) is 12.5. The minimum Gasteiger partial charge on any atom is -0.370 e. The molecule has 0 aliphatic rings. The smallest absolute Gasteiger partial charge is 0.370 e. The zero-order valence-corrected chi connectivity index (χ0v) is 12.9. The van der Waals surface area contributed by atoms with Gasteiger partial charge in [0.1, 0.15) is 6.61 Å². The molecule has 0 radical (unpaired) electrons. The number of unbranched alkanes of at least 4 members (excludes halogenated alkanes) is 7. The van der Waals surface area contributed by atoms with Gasteiger partial charge < -0.3 is 10.1 Å². The van der Waals surface area contributed by atoms with Crippen molar-refractivity contribution in [2.45, 2.75) is 76.9 Å². The molecule has 0 amide bonds. The molecule has 2 nitrogen and oxygen atoms in total. The van der Waals surface area contributed by atoms with E-state index in [1.807, 2.05) is 0 Å². The van der Waals surface area contributed by atoms with Gasteiger partial charge in [0.25, 0.3) is 0 Å². The van der Waals surface area contributed by atoms with Crippen molar-refractivity contribution in [2.75, 3.05) is 20.3 Å².